The second-order valence-electron chi connectivity index (χ2n) is 6.48. The molecule has 0 saturated heterocycles. The average molecular weight is 551 g/mol. The summed E-state index contributed by atoms with van der Waals surface area (Å²) in [6, 6.07) is 19.0. The Hall–Kier alpha value is -3.05. The molecule has 0 spiro atoms. The molecule has 0 unspecified atom stereocenters. The zero-order valence-electron chi connectivity index (χ0n) is 16.9. The van der Waals surface area contributed by atoms with Gasteiger partial charge >= 0.3 is 5.97 Å². The van der Waals surface area contributed by atoms with Gasteiger partial charge in [0.1, 0.15) is 5.75 Å². The number of carbonyl (C=O) groups excluding carboxylic acids is 2. The van der Waals surface area contributed by atoms with Gasteiger partial charge < -0.3 is 4.74 Å². The van der Waals surface area contributed by atoms with E-state index in [2.05, 4.69) is 31.2 Å². The summed E-state index contributed by atoms with van der Waals surface area (Å²) in [6.45, 7) is -0.512. The van der Waals surface area contributed by atoms with E-state index >= 15 is 0 Å². The first-order valence-corrected chi connectivity index (χ1v) is 12.0. The lowest BCUT2D eigenvalue weighted by Gasteiger charge is -2.09. The van der Waals surface area contributed by atoms with Crippen LogP contribution in [-0.2, 0) is 14.8 Å². The average Bonchev–Trinajstić information content (AvgIpc) is 2.80. The molecule has 0 atom stereocenters. The van der Waals surface area contributed by atoms with Crippen molar-refractivity contribution in [3.05, 3.63) is 93.4 Å². The Morgan fingerprint density at radius 2 is 1.73 bits per heavy atom. The topological polar surface area (TPSA) is 114 Å². The minimum absolute atomic E-state index is 0.0421. The van der Waals surface area contributed by atoms with E-state index in [-0.39, 0.29) is 21.2 Å². The van der Waals surface area contributed by atoms with Gasteiger partial charge in [0.05, 0.1) is 28.2 Å². The van der Waals surface area contributed by atoms with Crippen molar-refractivity contribution in [2.45, 2.75) is 4.90 Å². The SMILES string of the molecule is O=C(CNS(=O)(=O)c1ccccc1)N/N=C\c1cc(Br)ccc1OC(=O)c1ccccc1Cl. The highest BCUT2D eigenvalue weighted by atomic mass is 79.9. The van der Waals surface area contributed by atoms with Gasteiger partial charge in [-0.05, 0) is 42.5 Å². The zero-order valence-corrected chi connectivity index (χ0v) is 20.0. The standard InChI is InChI=1S/C22H17BrClN3O5S/c23-16-10-11-20(32-22(29)18-8-4-5-9-19(18)24)15(12-16)13-25-27-21(28)14-26-33(30,31)17-6-2-1-3-7-17/h1-13,26H,14H2,(H,27,28)/b25-13-. The lowest BCUT2D eigenvalue weighted by molar-refractivity contribution is -0.119. The summed E-state index contributed by atoms with van der Waals surface area (Å²) in [4.78, 5) is 24.5. The monoisotopic (exact) mass is 549 g/mol. The molecule has 3 rings (SSSR count). The third-order valence-corrected chi connectivity index (χ3v) is 6.38. The first-order chi connectivity index (χ1) is 15.8. The smallest absolute Gasteiger partial charge is 0.345 e. The van der Waals surface area contributed by atoms with E-state index in [1.807, 2.05) is 0 Å². The summed E-state index contributed by atoms with van der Waals surface area (Å²) < 4.78 is 32.6. The largest absolute Gasteiger partial charge is 0.422 e. The fourth-order valence-electron chi connectivity index (χ4n) is 2.55. The Bertz CT molecular complexity index is 1300. The quantitative estimate of drug-likeness (QED) is 0.192. The molecule has 3 aromatic carbocycles. The van der Waals surface area contributed by atoms with Gasteiger partial charge in [-0.2, -0.15) is 5.10 Å². The lowest BCUT2D eigenvalue weighted by atomic mass is 10.2. The predicted molar refractivity (Wildman–Crippen MR) is 128 cm³/mol. The van der Waals surface area contributed by atoms with Crippen LogP contribution in [-0.4, -0.2) is 33.1 Å². The highest BCUT2D eigenvalue weighted by Gasteiger charge is 2.16. The normalized spacial score (nSPS) is 11.3. The van der Waals surface area contributed by atoms with Crippen molar-refractivity contribution in [2.24, 2.45) is 5.10 Å². The first-order valence-electron chi connectivity index (χ1n) is 9.39. The highest BCUT2D eigenvalue weighted by molar-refractivity contribution is 9.10. The molecule has 0 bridgehead atoms. The van der Waals surface area contributed by atoms with E-state index in [4.69, 9.17) is 16.3 Å². The number of benzene rings is 3. The van der Waals surface area contributed by atoms with E-state index in [0.717, 1.165) is 0 Å². The molecule has 33 heavy (non-hydrogen) atoms. The second kappa shape index (κ2) is 11.2. The molecule has 0 aliphatic carbocycles. The van der Waals surface area contributed by atoms with E-state index in [9.17, 15) is 18.0 Å². The molecule has 0 aliphatic heterocycles. The van der Waals surface area contributed by atoms with Crippen LogP contribution in [0.3, 0.4) is 0 Å². The molecule has 0 radical (unpaired) electrons. The van der Waals surface area contributed by atoms with Crippen LogP contribution < -0.4 is 14.9 Å². The number of nitrogens with zero attached hydrogens (tertiary/aromatic N) is 1. The number of hydrogen-bond acceptors (Lipinski definition) is 6. The van der Waals surface area contributed by atoms with E-state index in [1.54, 1.807) is 54.6 Å². The van der Waals surface area contributed by atoms with Crippen molar-refractivity contribution < 1.29 is 22.7 Å². The van der Waals surface area contributed by atoms with E-state index in [0.29, 0.717) is 10.0 Å². The molecule has 0 aliphatic rings. The molecule has 170 valence electrons. The maximum Gasteiger partial charge on any atom is 0.345 e. The third kappa shape index (κ3) is 6.96. The zero-order chi connectivity index (χ0) is 23.8. The number of sulfonamides is 1. The van der Waals surface area contributed by atoms with Gasteiger partial charge in [0.25, 0.3) is 5.91 Å². The molecule has 0 heterocycles. The third-order valence-electron chi connectivity index (χ3n) is 4.14. The van der Waals surface area contributed by atoms with E-state index in [1.165, 1.54) is 24.4 Å². The Labute approximate surface area is 203 Å². The van der Waals surface area contributed by atoms with Gasteiger partial charge in [-0.25, -0.2) is 23.4 Å². The van der Waals surface area contributed by atoms with Crippen LogP contribution in [0.1, 0.15) is 15.9 Å². The molecule has 0 fully saturated rings. The van der Waals surface area contributed by atoms with Gasteiger partial charge in [0.15, 0.2) is 0 Å². The number of carbonyl (C=O) groups is 2. The van der Waals surface area contributed by atoms with Crippen LogP contribution in [0.5, 0.6) is 5.75 Å². The number of nitrogens with one attached hydrogen (secondary N) is 2. The first kappa shape index (κ1) is 24.6. The van der Waals surface area contributed by atoms with Gasteiger partial charge in [-0.3, -0.25) is 4.79 Å². The van der Waals surface area contributed by atoms with Crippen LogP contribution in [0.4, 0.5) is 0 Å². The van der Waals surface area contributed by atoms with Gasteiger partial charge in [-0.1, -0.05) is 57.9 Å². The molecule has 3 aromatic rings. The molecule has 2 N–H and O–H groups in total. The number of hydrazone groups is 1. The Balaban J connectivity index is 1.64. The number of hydrogen-bond donors (Lipinski definition) is 2. The number of amides is 1. The van der Waals surface area contributed by atoms with Crippen molar-refractivity contribution >= 4 is 55.6 Å². The summed E-state index contributed by atoms with van der Waals surface area (Å²) in [6.07, 6.45) is 1.27. The molecule has 0 aromatic heterocycles. The molecule has 8 nitrogen and oxygen atoms in total. The number of esters is 1. The van der Waals surface area contributed by atoms with E-state index < -0.39 is 28.4 Å². The molecular formula is C22H17BrClN3O5S. The minimum Gasteiger partial charge on any atom is -0.422 e. The second-order valence-corrected chi connectivity index (χ2v) is 9.57. The fourth-order valence-corrected chi connectivity index (χ4v) is 4.15. The van der Waals surface area contributed by atoms with Crippen LogP contribution >= 0.6 is 27.5 Å². The molecule has 1 amide bonds. The van der Waals surface area contributed by atoms with Crippen LogP contribution in [0.25, 0.3) is 0 Å². The number of rotatable bonds is 8. The Morgan fingerprint density at radius 3 is 2.45 bits per heavy atom. The highest BCUT2D eigenvalue weighted by Crippen LogP contribution is 2.24. The van der Waals surface area contributed by atoms with Gasteiger partial charge in [0.2, 0.25) is 10.0 Å². The predicted octanol–water partition coefficient (Wildman–Crippen LogP) is 3.75. The number of ether oxygens (including phenoxy) is 1. The minimum atomic E-state index is -3.83. The van der Waals surface area contributed by atoms with Crippen molar-refractivity contribution in [1.82, 2.24) is 10.1 Å². The van der Waals surface area contributed by atoms with Crippen LogP contribution in [0, 0.1) is 0 Å². The maximum atomic E-state index is 12.5. The lowest BCUT2D eigenvalue weighted by Crippen LogP contribution is -2.34. The van der Waals surface area contributed by atoms with Crippen molar-refractivity contribution in [3.63, 3.8) is 0 Å². The molecular weight excluding hydrogens is 534 g/mol. The van der Waals surface area contributed by atoms with Crippen molar-refractivity contribution in [1.29, 1.82) is 0 Å². The summed E-state index contributed by atoms with van der Waals surface area (Å²) in [7, 11) is -3.83. The summed E-state index contributed by atoms with van der Waals surface area (Å²) in [5, 5.41) is 4.07. The Kier molecular flexibility index (Phi) is 8.34. The molecule has 0 saturated carbocycles. The Morgan fingerprint density at radius 1 is 1.03 bits per heavy atom. The van der Waals surface area contributed by atoms with Gasteiger partial charge in [0, 0.05) is 10.0 Å². The summed E-state index contributed by atoms with van der Waals surface area (Å²) in [5.41, 5.74) is 2.80. The fraction of sp³-hybridized carbons (Fsp3) is 0.0455. The van der Waals surface area contributed by atoms with Crippen molar-refractivity contribution in [2.75, 3.05) is 6.54 Å². The van der Waals surface area contributed by atoms with Crippen molar-refractivity contribution in [3.8, 4) is 5.75 Å². The summed E-state index contributed by atoms with van der Waals surface area (Å²) in [5.74, 6) is -1.15. The summed E-state index contributed by atoms with van der Waals surface area (Å²) >= 11 is 9.36. The molecule has 11 heteroatoms. The van der Waals surface area contributed by atoms with Crippen LogP contribution in [0.2, 0.25) is 5.02 Å². The van der Waals surface area contributed by atoms with Gasteiger partial charge in [-0.15, -0.1) is 0 Å². The number of halogens is 2. The van der Waals surface area contributed by atoms with Crippen LogP contribution in [0.15, 0.2) is 87.3 Å². The maximum absolute atomic E-state index is 12.5.